The average Bonchev–Trinajstić information content (AvgIpc) is 2.68. The first kappa shape index (κ1) is 22.2. The molecular weight excluding hydrogens is 396 g/mol. The number of carboxylic acid groups (broad SMARTS) is 1. The summed E-state index contributed by atoms with van der Waals surface area (Å²) in [6, 6.07) is 11.1. The number of hydrogen-bond acceptors (Lipinski definition) is 4. The Bertz CT molecular complexity index is 855. The highest BCUT2D eigenvalue weighted by Gasteiger charge is 2.16. The third-order valence-electron chi connectivity index (χ3n) is 4.06. The molecule has 0 heterocycles. The molecule has 0 aliphatic carbocycles. The van der Waals surface area contributed by atoms with Gasteiger partial charge in [0.1, 0.15) is 12.0 Å². The molecule has 1 atom stereocenters. The summed E-state index contributed by atoms with van der Waals surface area (Å²) in [6.07, 6.45) is 1.02. The van der Waals surface area contributed by atoms with Crippen molar-refractivity contribution in [3.8, 4) is 5.75 Å². The van der Waals surface area contributed by atoms with Crippen LogP contribution in [-0.4, -0.2) is 36.0 Å². The SMILES string of the molecule is CCCOc1ccc(C(=O)N[C@H](CC=O)Cc2ccc(NC(=O)O)cc2)cc1Cl. The number of carbonyl (C=O) groups excluding carboxylic acids is 2. The molecule has 0 radical (unpaired) electrons. The van der Waals surface area contributed by atoms with E-state index in [0.717, 1.165) is 18.3 Å². The van der Waals surface area contributed by atoms with Gasteiger partial charge in [-0.05, 0) is 48.7 Å². The average molecular weight is 419 g/mol. The van der Waals surface area contributed by atoms with Crippen molar-refractivity contribution >= 4 is 35.6 Å². The van der Waals surface area contributed by atoms with Gasteiger partial charge < -0.3 is 20.0 Å². The quantitative estimate of drug-likeness (QED) is 0.503. The summed E-state index contributed by atoms with van der Waals surface area (Å²) in [4.78, 5) is 34.3. The molecule has 0 aliphatic rings. The number of nitrogens with one attached hydrogen (secondary N) is 2. The highest BCUT2D eigenvalue weighted by molar-refractivity contribution is 6.32. The van der Waals surface area contributed by atoms with E-state index >= 15 is 0 Å². The maximum absolute atomic E-state index is 12.6. The molecule has 7 nitrogen and oxygen atoms in total. The number of anilines is 1. The second kappa shape index (κ2) is 11.1. The lowest BCUT2D eigenvalue weighted by atomic mass is 10.0. The molecule has 2 aromatic rings. The highest BCUT2D eigenvalue weighted by Crippen LogP contribution is 2.25. The predicted molar refractivity (Wildman–Crippen MR) is 111 cm³/mol. The van der Waals surface area contributed by atoms with Gasteiger partial charge in [-0.2, -0.15) is 0 Å². The fourth-order valence-electron chi connectivity index (χ4n) is 2.68. The number of benzene rings is 2. The van der Waals surface area contributed by atoms with Crippen LogP contribution < -0.4 is 15.4 Å². The number of aldehydes is 1. The first-order valence-electron chi connectivity index (χ1n) is 9.18. The fourth-order valence-corrected chi connectivity index (χ4v) is 2.92. The number of rotatable bonds is 10. The van der Waals surface area contributed by atoms with Gasteiger partial charge in [0, 0.05) is 23.7 Å². The molecule has 0 unspecified atom stereocenters. The van der Waals surface area contributed by atoms with Crippen molar-refractivity contribution in [2.45, 2.75) is 32.2 Å². The molecule has 8 heteroatoms. The summed E-state index contributed by atoms with van der Waals surface area (Å²) >= 11 is 6.18. The van der Waals surface area contributed by atoms with Gasteiger partial charge >= 0.3 is 6.09 Å². The van der Waals surface area contributed by atoms with Gasteiger partial charge in [-0.15, -0.1) is 0 Å². The van der Waals surface area contributed by atoms with Crippen LogP contribution in [0.25, 0.3) is 0 Å². The van der Waals surface area contributed by atoms with E-state index in [1.807, 2.05) is 6.92 Å². The molecule has 0 spiro atoms. The van der Waals surface area contributed by atoms with Crippen molar-refractivity contribution in [2.24, 2.45) is 0 Å². The van der Waals surface area contributed by atoms with Gasteiger partial charge in [-0.1, -0.05) is 30.7 Å². The van der Waals surface area contributed by atoms with E-state index < -0.39 is 12.1 Å². The third-order valence-corrected chi connectivity index (χ3v) is 4.35. The minimum absolute atomic E-state index is 0.145. The molecule has 0 bridgehead atoms. The molecule has 0 aliphatic heterocycles. The van der Waals surface area contributed by atoms with E-state index in [0.29, 0.717) is 35.1 Å². The summed E-state index contributed by atoms with van der Waals surface area (Å²) in [5, 5.41) is 14.2. The van der Waals surface area contributed by atoms with Crippen LogP contribution >= 0.6 is 11.6 Å². The Balaban J connectivity index is 2.03. The van der Waals surface area contributed by atoms with Crippen LogP contribution in [0.2, 0.25) is 5.02 Å². The first-order chi connectivity index (χ1) is 13.9. The lowest BCUT2D eigenvalue weighted by molar-refractivity contribution is -0.108. The van der Waals surface area contributed by atoms with Crippen molar-refractivity contribution in [2.75, 3.05) is 11.9 Å². The molecular formula is C21H23ClN2O5. The molecule has 0 fully saturated rings. The van der Waals surface area contributed by atoms with Gasteiger partial charge in [-0.3, -0.25) is 10.1 Å². The van der Waals surface area contributed by atoms with Gasteiger partial charge in [0.2, 0.25) is 0 Å². The highest BCUT2D eigenvalue weighted by atomic mass is 35.5. The number of amides is 2. The van der Waals surface area contributed by atoms with Crippen LogP contribution in [0.3, 0.4) is 0 Å². The predicted octanol–water partition coefficient (Wildman–Crippen LogP) is 4.15. The molecule has 0 aromatic heterocycles. The van der Waals surface area contributed by atoms with E-state index in [1.165, 1.54) is 6.07 Å². The van der Waals surface area contributed by atoms with Crippen LogP contribution in [0.1, 0.15) is 35.7 Å². The Hall–Kier alpha value is -3.06. The lowest BCUT2D eigenvalue weighted by Gasteiger charge is -2.17. The zero-order valence-electron chi connectivity index (χ0n) is 16.0. The smallest absolute Gasteiger partial charge is 0.409 e. The van der Waals surface area contributed by atoms with Crippen molar-refractivity contribution in [1.29, 1.82) is 0 Å². The van der Waals surface area contributed by atoms with Crippen LogP contribution in [0.4, 0.5) is 10.5 Å². The third kappa shape index (κ3) is 7.12. The Morgan fingerprint density at radius 2 is 1.93 bits per heavy atom. The topological polar surface area (TPSA) is 105 Å². The summed E-state index contributed by atoms with van der Waals surface area (Å²) in [5.41, 5.74) is 1.67. The molecule has 2 aromatic carbocycles. The summed E-state index contributed by atoms with van der Waals surface area (Å²) in [6.45, 7) is 2.52. The normalized spacial score (nSPS) is 11.4. The fraction of sp³-hybridized carbons (Fsp3) is 0.286. The molecule has 2 rings (SSSR count). The van der Waals surface area contributed by atoms with Crippen LogP contribution in [0.15, 0.2) is 42.5 Å². The van der Waals surface area contributed by atoms with E-state index in [4.69, 9.17) is 21.4 Å². The van der Waals surface area contributed by atoms with Gasteiger partial charge in [0.15, 0.2) is 0 Å². The largest absolute Gasteiger partial charge is 0.492 e. The van der Waals surface area contributed by atoms with Crippen molar-refractivity contribution < 1.29 is 24.2 Å². The number of hydrogen-bond donors (Lipinski definition) is 3. The Labute approximate surface area is 174 Å². The second-order valence-electron chi connectivity index (χ2n) is 6.40. The monoisotopic (exact) mass is 418 g/mol. The van der Waals surface area contributed by atoms with Crippen LogP contribution in [0.5, 0.6) is 5.75 Å². The standard InChI is InChI=1S/C21H23ClN2O5/c1-2-11-29-19-8-5-15(13-18(19)22)20(26)23-17(9-10-25)12-14-3-6-16(7-4-14)24-21(27)28/h3-8,10,13,17,24H,2,9,11-12H2,1H3,(H,23,26)(H,27,28)/t17-/m1/s1. The molecule has 2 amide bonds. The van der Waals surface area contributed by atoms with Crippen molar-refractivity contribution in [1.82, 2.24) is 5.32 Å². The molecule has 29 heavy (non-hydrogen) atoms. The molecule has 0 saturated carbocycles. The molecule has 154 valence electrons. The van der Waals surface area contributed by atoms with E-state index in [9.17, 15) is 14.4 Å². The summed E-state index contributed by atoms with van der Waals surface area (Å²) < 4.78 is 5.50. The summed E-state index contributed by atoms with van der Waals surface area (Å²) in [5.74, 6) is 0.175. The number of carbonyl (C=O) groups is 3. The van der Waals surface area contributed by atoms with Gasteiger partial charge in [-0.25, -0.2) is 4.79 Å². The molecule has 0 saturated heterocycles. The van der Waals surface area contributed by atoms with Crippen molar-refractivity contribution in [3.63, 3.8) is 0 Å². The minimum Gasteiger partial charge on any atom is -0.492 e. The van der Waals surface area contributed by atoms with Crippen LogP contribution in [-0.2, 0) is 11.2 Å². The second-order valence-corrected chi connectivity index (χ2v) is 6.80. The Kier molecular flexibility index (Phi) is 8.48. The maximum atomic E-state index is 12.6. The zero-order chi connectivity index (χ0) is 21.2. The van der Waals surface area contributed by atoms with E-state index in [2.05, 4.69) is 10.6 Å². The Morgan fingerprint density at radius 3 is 2.52 bits per heavy atom. The first-order valence-corrected chi connectivity index (χ1v) is 9.56. The maximum Gasteiger partial charge on any atom is 0.409 e. The van der Waals surface area contributed by atoms with Crippen LogP contribution in [0, 0.1) is 0 Å². The van der Waals surface area contributed by atoms with Crippen molar-refractivity contribution in [3.05, 3.63) is 58.6 Å². The summed E-state index contributed by atoms with van der Waals surface area (Å²) in [7, 11) is 0. The lowest BCUT2D eigenvalue weighted by Crippen LogP contribution is -2.36. The van der Waals surface area contributed by atoms with Gasteiger partial charge in [0.25, 0.3) is 5.91 Å². The Morgan fingerprint density at radius 1 is 1.21 bits per heavy atom. The molecule has 3 N–H and O–H groups in total. The number of halogens is 1. The van der Waals surface area contributed by atoms with Gasteiger partial charge in [0.05, 0.1) is 11.6 Å². The number of ether oxygens (including phenoxy) is 1. The zero-order valence-corrected chi connectivity index (χ0v) is 16.7. The van der Waals surface area contributed by atoms with E-state index in [1.54, 1.807) is 36.4 Å². The minimum atomic E-state index is -1.14. The van der Waals surface area contributed by atoms with E-state index in [-0.39, 0.29) is 12.3 Å².